The van der Waals surface area contributed by atoms with Gasteiger partial charge in [0, 0.05) is 41.7 Å². The first-order chi connectivity index (χ1) is 11.6. The minimum absolute atomic E-state index is 0.0546. The van der Waals surface area contributed by atoms with Gasteiger partial charge in [0.25, 0.3) is 5.91 Å². The first kappa shape index (κ1) is 16.2. The van der Waals surface area contributed by atoms with Crippen LogP contribution in [-0.4, -0.2) is 33.2 Å². The zero-order valence-electron chi connectivity index (χ0n) is 14.7. The Kier molecular flexibility index (Phi) is 4.23. The summed E-state index contributed by atoms with van der Waals surface area (Å²) in [5.41, 5.74) is 2.21. The van der Waals surface area contributed by atoms with Gasteiger partial charge in [-0.25, -0.2) is 0 Å². The van der Waals surface area contributed by atoms with Gasteiger partial charge in [-0.15, -0.1) is 11.8 Å². The van der Waals surface area contributed by atoms with E-state index in [4.69, 9.17) is 0 Å². The molecular formula is C19H27N3OS. The lowest BCUT2D eigenvalue weighted by Crippen LogP contribution is -2.50. The van der Waals surface area contributed by atoms with Gasteiger partial charge < -0.3 is 4.90 Å². The number of hydrogen-bond acceptors (Lipinski definition) is 3. The maximum absolute atomic E-state index is 13.2. The van der Waals surface area contributed by atoms with Crippen molar-refractivity contribution in [3.63, 3.8) is 0 Å². The molecule has 2 fully saturated rings. The molecule has 0 N–H and O–H groups in total. The Labute approximate surface area is 148 Å². The summed E-state index contributed by atoms with van der Waals surface area (Å²) in [6.07, 6.45) is 12.5. The summed E-state index contributed by atoms with van der Waals surface area (Å²) in [5, 5.41) is 6.42. The fourth-order valence-electron chi connectivity index (χ4n) is 4.70. The lowest BCUT2D eigenvalue weighted by Gasteiger charge is -2.44. The van der Waals surface area contributed by atoms with E-state index in [1.807, 2.05) is 17.9 Å². The van der Waals surface area contributed by atoms with Crippen molar-refractivity contribution in [2.45, 2.75) is 62.7 Å². The lowest BCUT2D eigenvalue weighted by atomic mass is 9.78. The SMILES string of the molecule is Cn1cc([C@]2(C)CC(C(=O)N3CCCC4CCCCC43)=CS2)cn1. The zero-order valence-corrected chi connectivity index (χ0v) is 15.5. The summed E-state index contributed by atoms with van der Waals surface area (Å²) >= 11 is 1.78. The van der Waals surface area contributed by atoms with E-state index in [0.717, 1.165) is 24.5 Å². The molecule has 2 unspecified atom stereocenters. The number of thioether (sulfide) groups is 1. The highest BCUT2D eigenvalue weighted by molar-refractivity contribution is 8.03. The van der Waals surface area contributed by atoms with Crippen LogP contribution in [0.1, 0.15) is 57.4 Å². The van der Waals surface area contributed by atoms with Crippen LogP contribution in [0.3, 0.4) is 0 Å². The molecule has 3 heterocycles. The Balaban J connectivity index is 1.49. The van der Waals surface area contributed by atoms with Gasteiger partial charge in [0.1, 0.15) is 0 Å². The molecule has 1 aromatic rings. The quantitative estimate of drug-likeness (QED) is 0.817. The predicted octanol–water partition coefficient (Wildman–Crippen LogP) is 3.84. The van der Waals surface area contributed by atoms with Gasteiger partial charge in [-0.1, -0.05) is 12.8 Å². The van der Waals surface area contributed by atoms with E-state index in [1.165, 1.54) is 44.1 Å². The van der Waals surface area contributed by atoms with Crippen molar-refractivity contribution < 1.29 is 4.79 Å². The Morgan fingerprint density at radius 3 is 2.88 bits per heavy atom. The maximum atomic E-state index is 13.2. The molecule has 1 amide bonds. The van der Waals surface area contributed by atoms with E-state index < -0.39 is 0 Å². The van der Waals surface area contributed by atoms with Crippen molar-refractivity contribution in [3.8, 4) is 0 Å². The van der Waals surface area contributed by atoms with Crippen LogP contribution < -0.4 is 0 Å². The van der Waals surface area contributed by atoms with E-state index >= 15 is 0 Å². The number of nitrogens with zero attached hydrogens (tertiary/aromatic N) is 3. The molecular weight excluding hydrogens is 318 g/mol. The van der Waals surface area contributed by atoms with Crippen molar-refractivity contribution in [1.82, 2.24) is 14.7 Å². The highest BCUT2D eigenvalue weighted by atomic mass is 32.2. The molecule has 0 bridgehead atoms. The van der Waals surface area contributed by atoms with Crippen LogP contribution in [0.2, 0.25) is 0 Å². The number of likely N-dealkylation sites (tertiary alicyclic amines) is 1. The van der Waals surface area contributed by atoms with E-state index in [-0.39, 0.29) is 4.75 Å². The van der Waals surface area contributed by atoms with Gasteiger partial charge in [-0.3, -0.25) is 9.48 Å². The van der Waals surface area contributed by atoms with E-state index in [1.54, 1.807) is 11.8 Å². The number of fused-ring (bicyclic) bond motifs is 1. The number of rotatable bonds is 2. The molecule has 1 aliphatic carbocycles. The standard InChI is InChI=1S/C19H27N3OS/c1-19(16-11-20-21(2)12-16)10-15(13-24-19)18(23)22-9-5-7-14-6-3-4-8-17(14)22/h11-14,17H,3-10H2,1-2H3/t14?,17?,19-/m0/s1. The fourth-order valence-corrected chi connectivity index (χ4v) is 5.77. The van der Waals surface area contributed by atoms with Crippen molar-refractivity contribution >= 4 is 17.7 Å². The Bertz CT molecular complexity index is 665. The molecule has 0 aromatic carbocycles. The summed E-state index contributed by atoms with van der Waals surface area (Å²) in [4.78, 5) is 15.4. The van der Waals surface area contributed by atoms with E-state index in [0.29, 0.717) is 11.9 Å². The molecule has 3 atom stereocenters. The molecule has 1 saturated heterocycles. The smallest absolute Gasteiger partial charge is 0.250 e. The minimum atomic E-state index is -0.0546. The van der Waals surface area contributed by atoms with Gasteiger partial charge in [0.15, 0.2) is 0 Å². The minimum Gasteiger partial charge on any atom is -0.336 e. The monoisotopic (exact) mass is 345 g/mol. The summed E-state index contributed by atoms with van der Waals surface area (Å²) in [5.74, 6) is 1.04. The Morgan fingerprint density at radius 1 is 1.29 bits per heavy atom. The molecule has 4 rings (SSSR count). The Morgan fingerprint density at radius 2 is 2.08 bits per heavy atom. The number of aromatic nitrogens is 2. The van der Waals surface area contributed by atoms with Crippen LogP contribution in [0.5, 0.6) is 0 Å². The number of piperidine rings is 1. The number of amides is 1. The van der Waals surface area contributed by atoms with Crippen LogP contribution in [-0.2, 0) is 16.6 Å². The molecule has 5 heteroatoms. The van der Waals surface area contributed by atoms with Gasteiger partial charge in [-0.05, 0) is 50.4 Å². The third kappa shape index (κ3) is 2.81. The van der Waals surface area contributed by atoms with Crippen molar-refractivity contribution in [1.29, 1.82) is 0 Å². The van der Waals surface area contributed by atoms with Crippen LogP contribution in [0.4, 0.5) is 0 Å². The molecule has 0 radical (unpaired) electrons. The topological polar surface area (TPSA) is 38.1 Å². The van der Waals surface area contributed by atoms with Gasteiger partial charge >= 0.3 is 0 Å². The molecule has 24 heavy (non-hydrogen) atoms. The molecule has 2 aliphatic heterocycles. The third-order valence-corrected chi connectivity index (χ3v) is 7.39. The second kappa shape index (κ2) is 6.25. The van der Waals surface area contributed by atoms with Crippen molar-refractivity contribution in [3.05, 3.63) is 28.9 Å². The van der Waals surface area contributed by atoms with Gasteiger partial charge in [0.2, 0.25) is 0 Å². The fraction of sp³-hybridized carbons (Fsp3) is 0.684. The zero-order chi connectivity index (χ0) is 16.7. The lowest BCUT2D eigenvalue weighted by molar-refractivity contribution is -0.133. The highest BCUT2D eigenvalue weighted by Crippen LogP contribution is 2.49. The van der Waals surface area contributed by atoms with E-state index in [2.05, 4.69) is 28.5 Å². The Hall–Kier alpha value is -1.23. The normalized spacial score (nSPS) is 33.2. The second-order valence-electron chi connectivity index (χ2n) is 7.82. The predicted molar refractivity (Wildman–Crippen MR) is 97.5 cm³/mol. The molecule has 130 valence electrons. The summed E-state index contributed by atoms with van der Waals surface area (Å²) in [6, 6.07) is 0.496. The average molecular weight is 346 g/mol. The van der Waals surface area contributed by atoms with Crippen molar-refractivity contribution in [2.75, 3.05) is 6.54 Å². The van der Waals surface area contributed by atoms with Crippen molar-refractivity contribution in [2.24, 2.45) is 13.0 Å². The number of aryl methyl sites for hydroxylation is 1. The van der Waals surface area contributed by atoms with Crippen LogP contribution in [0.25, 0.3) is 0 Å². The number of carbonyl (C=O) groups excluding carboxylic acids is 1. The van der Waals surface area contributed by atoms with Crippen LogP contribution in [0, 0.1) is 5.92 Å². The third-order valence-electron chi connectivity index (χ3n) is 6.08. The molecule has 0 spiro atoms. The van der Waals surface area contributed by atoms with Gasteiger partial charge in [-0.2, -0.15) is 5.10 Å². The first-order valence-electron chi connectivity index (χ1n) is 9.24. The highest BCUT2D eigenvalue weighted by Gasteiger charge is 2.41. The molecule has 1 aromatic heterocycles. The van der Waals surface area contributed by atoms with Gasteiger partial charge in [0.05, 0.1) is 6.20 Å². The number of hydrogen-bond donors (Lipinski definition) is 0. The maximum Gasteiger partial charge on any atom is 0.250 e. The first-order valence-corrected chi connectivity index (χ1v) is 10.1. The summed E-state index contributed by atoms with van der Waals surface area (Å²) in [6.45, 7) is 3.18. The molecule has 1 saturated carbocycles. The van der Waals surface area contributed by atoms with Crippen LogP contribution >= 0.6 is 11.8 Å². The molecule has 4 nitrogen and oxygen atoms in total. The molecule has 3 aliphatic rings. The summed E-state index contributed by atoms with van der Waals surface area (Å²) < 4.78 is 1.79. The summed E-state index contributed by atoms with van der Waals surface area (Å²) in [7, 11) is 1.95. The van der Waals surface area contributed by atoms with Crippen LogP contribution in [0.15, 0.2) is 23.4 Å². The average Bonchev–Trinajstić information content (AvgIpc) is 3.21. The second-order valence-corrected chi connectivity index (χ2v) is 9.20. The largest absolute Gasteiger partial charge is 0.336 e. The number of carbonyl (C=O) groups is 1. The van der Waals surface area contributed by atoms with E-state index in [9.17, 15) is 4.79 Å².